The van der Waals surface area contributed by atoms with Gasteiger partial charge in [0, 0.05) is 21.5 Å². The lowest BCUT2D eigenvalue weighted by Crippen LogP contribution is -1.92. The van der Waals surface area contributed by atoms with Crippen LogP contribution in [-0.4, -0.2) is 0 Å². The van der Waals surface area contributed by atoms with Crippen molar-refractivity contribution >= 4 is 39.3 Å². The molecule has 2 heteroatoms. The molecule has 0 bridgehead atoms. The molecule has 0 aliphatic carbocycles. The third-order valence-corrected chi connectivity index (χ3v) is 4.98. The van der Waals surface area contributed by atoms with Crippen LogP contribution in [0, 0.1) is 0 Å². The maximum absolute atomic E-state index is 6.30. The van der Waals surface area contributed by atoms with Crippen molar-refractivity contribution in [1.82, 2.24) is 0 Å². The summed E-state index contributed by atoms with van der Waals surface area (Å²) < 4.78 is 1.15. The lowest BCUT2D eigenvalue weighted by molar-refractivity contribution is 1.20. The Morgan fingerprint density at radius 3 is 2.59 bits per heavy atom. The van der Waals surface area contributed by atoms with Crippen LogP contribution in [0.2, 0.25) is 0 Å². The maximum Gasteiger partial charge on any atom is 0.0585 e. The fraction of sp³-hybridized carbons (Fsp3) is 0.100. The van der Waals surface area contributed by atoms with Crippen molar-refractivity contribution < 1.29 is 0 Å². The molecule has 0 spiro atoms. The lowest BCUT2D eigenvalue weighted by atomic mass is 10.0. The lowest BCUT2D eigenvalue weighted by Gasteiger charge is -2.05. The van der Waals surface area contributed by atoms with Gasteiger partial charge >= 0.3 is 0 Å². The molecule has 0 saturated heterocycles. The van der Waals surface area contributed by atoms with Gasteiger partial charge in [0.15, 0.2) is 0 Å². The highest BCUT2D eigenvalue weighted by Gasteiger charge is 2.11. The SMILES string of the molecule is C=Cc1sc2c(N)cc(Cc3ccccc3)cc2c1/C=C\C. The first-order valence-corrected chi connectivity index (χ1v) is 8.18. The van der Waals surface area contributed by atoms with E-state index in [0.29, 0.717) is 0 Å². The molecule has 0 aliphatic rings. The number of hydrogen-bond acceptors (Lipinski definition) is 2. The molecule has 1 heterocycles. The number of nitrogen functional groups attached to an aromatic ring is 1. The Morgan fingerprint density at radius 2 is 1.91 bits per heavy atom. The molecule has 3 aromatic rings. The molecule has 3 rings (SSSR count). The Bertz CT molecular complexity index is 841. The van der Waals surface area contributed by atoms with E-state index in [4.69, 9.17) is 5.73 Å². The molecular weight excluding hydrogens is 286 g/mol. The molecule has 1 nitrogen and oxygen atoms in total. The van der Waals surface area contributed by atoms with Crippen molar-refractivity contribution in [2.45, 2.75) is 13.3 Å². The number of fused-ring (bicyclic) bond motifs is 1. The Hall–Kier alpha value is -2.32. The zero-order chi connectivity index (χ0) is 15.5. The molecule has 22 heavy (non-hydrogen) atoms. The van der Waals surface area contributed by atoms with Gasteiger partial charge in [-0.25, -0.2) is 0 Å². The van der Waals surface area contributed by atoms with Gasteiger partial charge in [0.2, 0.25) is 0 Å². The Labute approximate surface area is 135 Å². The van der Waals surface area contributed by atoms with E-state index < -0.39 is 0 Å². The summed E-state index contributed by atoms with van der Waals surface area (Å²) in [6, 6.07) is 14.8. The first kappa shape index (κ1) is 14.6. The molecule has 0 atom stereocenters. The van der Waals surface area contributed by atoms with Crippen LogP contribution in [0.4, 0.5) is 5.69 Å². The zero-order valence-electron chi connectivity index (χ0n) is 12.7. The molecule has 0 unspecified atom stereocenters. The van der Waals surface area contributed by atoms with Gasteiger partial charge in [-0.1, -0.05) is 55.1 Å². The van der Waals surface area contributed by atoms with Crippen LogP contribution in [0.3, 0.4) is 0 Å². The summed E-state index contributed by atoms with van der Waals surface area (Å²) in [5.41, 5.74) is 10.9. The molecule has 2 N–H and O–H groups in total. The van der Waals surface area contributed by atoms with Gasteiger partial charge in [0.1, 0.15) is 0 Å². The van der Waals surface area contributed by atoms with Crippen molar-refractivity contribution in [1.29, 1.82) is 0 Å². The molecule has 0 fully saturated rings. The van der Waals surface area contributed by atoms with Crippen molar-refractivity contribution in [3.8, 4) is 0 Å². The smallest absolute Gasteiger partial charge is 0.0585 e. The average molecular weight is 305 g/mol. The summed E-state index contributed by atoms with van der Waals surface area (Å²) in [5.74, 6) is 0. The normalized spacial score (nSPS) is 11.3. The summed E-state index contributed by atoms with van der Waals surface area (Å²) in [4.78, 5) is 1.18. The summed E-state index contributed by atoms with van der Waals surface area (Å²) >= 11 is 1.71. The third-order valence-electron chi connectivity index (χ3n) is 3.71. The first-order chi connectivity index (χ1) is 10.7. The largest absolute Gasteiger partial charge is 0.398 e. The van der Waals surface area contributed by atoms with E-state index in [1.54, 1.807) is 11.3 Å². The van der Waals surface area contributed by atoms with E-state index in [9.17, 15) is 0 Å². The van der Waals surface area contributed by atoms with E-state index in [0.717, 1.165) is 16.8 Å². The molecule has 110 valence electrons. The predicted octanol–water partition coefficient (Wildman–Crippen LogP) is 5.75. The molecule has 0 aliphatic heterocycles. The van der Waals surface area contributed by atoms with Crippen LogP contribution in [-0.2, 0) is 6.42 Å². The maximum atomic E-state index is 6.30. The zero-order valence-corrected chi connectivity index (χ0v) is 13.5. The third kappa shape index (κ3) is 2.70. The van der Waals surface area contributed by atoms with Crippen molar-refractivity contribution in [3.63, 3.8) is 0 Å². The van der Waals surface area contributed by atoms with Crippen LogP contribution >= 0.6 is 11.3 Å². The van der Waals surface area contributed by atoms with Crippen LogP contribution < -0.4 is 5.73 Å². The van der Waals surface area contributed by atoms with E-state index >= 15 is 0 Å². The van der Waals surface area contributed by atoms with Gasteiger partial charge in [-0.3, -0.25) is 0 Å². The summed E-state index contributed by atoms with van der Waals surface area (Å²) in [6.45, 7) is 5.96. The second-order valence-corrected chi connectivity index (χ2v) is 6.36. The number of benzene rings is 2. The summed E-state index contributed by atoms with van der Waals surface area (Å²) in [5, 5.41) is 1.23. The fourth-order valence-electron chi connectivity index (χ4n) is 2.75. The van der Waals surface area contributed by atoms with Gasteiger partial charge in [0.05, 0.1) is 4.70 Å². The Balaban J connectivity index is 2.14. The van der Waals surface area contributed by atoms with Crippen LogP contribution in [0.1, 0.15) is 28.5 Å². The van der Waals surface area contributed by atoms with Gasteiger partial charge < -0.3 is 5.73 Å². The number of rotatable bonds is 4. The number of anilines is 1. The molecule has 2 aromatic carbocycles. The first-order valence-electron chi connectivity index (χ1n) is 7.37. The minimum absolute atomic E-state index is 0.854. The van der Waals surface area contributed by atoms with E-state index in [-0.39, 0.29) is 0 Å². The molecule has 0 radical (unpaired) electrons. The number of thiophene rings is 1. The molecular formula is C20H19NS. The monoisotopic (exact) mass is 305 g/mol. The molecule has 1 aromatic heterocycles. The molecule has 0 amide bonds. The standard InChI is InChI=1S/C20H19NS/c1-3-8-16-17-12-15(11-14-9-6-5-7-10-14)13-18(21)20(17)22-19(16)4-2/h3-10,12-13H,2,11,21H2,1H3/b8-3-. The average Bonchev–Trinajstić information content (AvgIpc) is 2.87. The second-order valence-electron chi connectivity index (χ2n) is 5.31. The van der Waals surface area contributed by atoms with E-state index in [2.05, 4.69) is 55.1 Å². The second kappa shape index (κ2) is 6.20. The summed E-state index contributed by atoms with van der Waals surface area (Å²) in [7, 11) is 0. The van der Waals surface area contributed by atoms with Crippen LogP contribution in [0.25, 0.3) is 22.2 Å². The van der Waals surface area contributed by atoms with E-state index in [1.165, 1.54) is 27.0 Å². The van der Waals surface area contributed by atoms with Crippen LogP contribution in [0.15, 0.2) is 55.1 Å². The minimum Gasteiger partial charge on any atom is -0.398 e. The highest BCUT2D eigenvalue weighted by Crippen LogP contribution is 2.38. The van der Waals surface area contributed by atoms with Gasteiger partial charge in [-0.15, -0.1) is 11.3 Å². The van der Waals surface area contributed by atoms with Crippen molar-refractivity contribution in [2.75, 3.05) is 5.73 Å². The molecule has 0 saturated carbocycles. The quantitative estimate of drug-likeness (QED) is 0.610. The Morgan fingerprint density at radius 1 is 1.14 bits per heavy atom. The van der Waals surface area contributed by atoms with E-state index in [1.807, 2.05) is 19.1 Å². The minimum atomic E-state index is 0.854. The number of nitrogens with two attached hydrogens (primary N) is 1. The summed E-state index contributed by atoms with van der Waals surface area (Å²) in [6.07, 6.45) is 7.02. The number of allylic oxidation sites excluding steroid dienone is 1. The Kier molecular flexibility index (Phi) is 4.12. The highest BCUT2D eigenvalue weighted by atomic mass is 32.1. The van der Waals surface area contributed by atoms with Crippen LogP contribution in [0.5, 0.6) is 0 Å². The highest BCUT2D eigenvalue weighted by molar-refractivity contribution is 7.20. The van der Waals surface area contributed by atoms with Gasteiger partial charge in [-0.2, -0.15) is 0 Å². The fourth-order valence-corrected chi connectivity index (χ4v) is 3.80. The number of hydrogen-bond donors (Lipinski definition) is 1. The van der Waals surface area contributed by atoms with Crippen molar-refractivity contribution in [3.05, 3.63) is 76.7 Å². The topological polar surface area (TPSA) is 26.0 Å². The van der Waals surface area contributed by atoms with Gasteiger partial charge in [-0.05, 0) is 36.6 Å². The van der Waals surface area contributed by atoms with Gasteiger partial charge in [0.25, 0.3) is 0 Å². The van der Waals surface area contributed by atoms with Crippen molar-refractivity contribution in [2.24, 2.45) is 0 Å². The predicted molar refractivity (Wildman–Crippen MR) is 100 cm³/mol.